The molecule has 1 atom stereocenters. The van der Waals surface area contributed by atoms with Gasteiger partial charge in [-0.15, -0.1) is 0 Å². The van der Waals surface area contributed by atoms with Gasteiger partial charge in [0.1, 0.15) is 5.56 Å². The Morgan fingerprint density at radius 1 is 1.23 bits per heavy atom. The molecule has 0 aliphatic rings. The first-order valence-electron chi connectivity index (χ1n) is 9.95. The molecule has 0 aliphatic heterocycles. The average Bonchev–Trinajstić information content (AvgIpc) is 3.07. The van der Waals surface area contributed by atoms with Gasteiger partial charge in [-0.3, -0.25) is 19.5 Å². The van der Waals surface area contributed by atoms with Gasteiger partial charge < -0.3 is 15.2 Å². The summed E-state index contributed by atoms with van der Waals surface area (Å²) in [5.74, 6) is -0.439. The Morgan fingerprint density at radius 3 is 2.55 bits per heavy atom. The lowest BCUT2D eigenvalue weighted by Gasteiger charge is -2.15. The Labute approximate surface area is 179 Å². The number of aldehydes is 1. The lowest BCUT2D eigenvalue weighted by atomic mass is 10.0. The number of nitrogens with zero attached hydrogens (tertiary/aromatic N) is 1. The second-order valence-electron chi connectivity index (χ2n) is 7.26. The molecule has 2 aromatic carbocycles. The lowest BCUT2D eigenvalue weighted by molar-refractivity contribution is -0.124. The summed E-state index contributed by atoms with van der Waals surface area (Å²) in [5.41, 5.74) is 2.73. The Morgan fingerprint density at radius 2 is 1.94 bits per heavy atom. The third-order valence-electron chi connectivity index (χ3n) is 4.82. The fourth-order valence-corrected chi connectivity index (χ4v) is 3.21. The van der Waals surface area contributed by atoms with Gasteiger partial charge in [0.05, 0.1) is 12.3 Å². The number of carbonyl (C=O) groups excluding carboxylic acids is 2. The van der Waals surface area contributed by atoms with Gasteiger partial charge in [-0.25, -0.2) is 4.68 Å². The highest BCUT2D eigenvalue weighted by molar-refractivity contribution is 5.95. The zero-order valence-corrected chi connectivity index (χ0v) is 17.6. The predicted octanol–water partition coefficient (Wildman–Crippen LogP) is 3.06. The van der Waals surface area contributed by atoms with Gasteiger partial charge in [0.2, 0.25) is 5.88 Å². The average molecular weight is 423 g/mol. The maximum atomic E-state index is 12.5. The van der Waals surface area contributed by atoms with E-state index in [0.29, 0.717) is 29.8 Å². The zero-order valence-electron chi connectivity index (χ0n) is 17.6. The van der Waals surface area contributed by atoms with Crippen LogP contribution in [0.25, 0.3) is 5.69 Å². The number of nitrogens with one attached hydrogen (secondary N) is 2. The van der Waals surface area contributed by atoms with Crippen LogP contribution >= 0.6 is 0 Å². The van der Waals surface area contributed by atoms with Gasteiger partial charge in [0, 0.05) is 5.69 Å². The Hall–Kier alpha value is -3.65. The van der Waals surface area contributed by atoms with Crippen molar-refractivity contribution in [3.05, 3.63) is 75.1 Å². The summed E-state index contributed by atoms with van der Waals surface area (Å²) in [6.45, 7) is 6.07. The number of hydrogen-bond acceptors (Lipinski definition) is 5. The summed E-state index contributed by atoms with van der Waals surface area (Å²) in [7, 11) is 0. The molecule has 0 saturated carbocycles. The maximum Gasteiger partial charge on any atom is 0.285 e. The third kappa shape index (κ3) is 4.75. The molecule has 0 aliphatic carbocycles. The molecule has 0 spiro atoms. The van der Waals surface area contributed by atoms with Gasteiger partial charge in [0.25, 0.3) is 11.5 Å². The normalized spacial score (nSPS) is 11.7. The van der Waals surface area contributed by atoms with Crippen molar-refractivity contribution in [2.45, 2.75) is 33.3 Å². The molecule has 1 unspecified atom stereocenters. The van der Waals surface area contributed by atoms with Crippen molar-refractivity contribution in [2.75, 3.05) is 11.9 Å². The minimum atomic E-state index is -1.31. The quantitative estimate of drug-likeness (QED) is 0.482. The number of ether oxygens (including phenoxy) is 1. The van der Waals surface area contributed by atoms with Crippen LogP contribution < -0.4 is 15.6 Å². The van der Waals surface area contributed by atoms with E-state index in [1.807, 2.05) is 32.9 Å². The van der Waals surface area contributed by atoms with Gasteiger partial charge in [-0.2, -0.15) is 0 Å². The lowest BCUT2D eigenvalue weighted by Crippen LogP contribution is -2.21. The van der Waals surface area contributed by atoms with Crippen LogP contribution in [0.4, 0.5) is 5.69 Å². The molecule has 8 nitrogen and oxygen atoms in total. The number of H-pyrrole nitrogens is 1. The van der Waals surface area contributed by atoms with Crippen LogP contribution in [0.3, 0.4) is 0 Å². The number of aryl methyl sites for hydroxylation is 2. The SMILES string of the molecule is CCCOc1[nH]n(-c2ccc(NC(=O)C(O)c3ccc(C)cc3C)cc2)c(=O)c1C=O. The number of aliphatic hydroxyl groups excluding tert-OH is 1. The number of carbonyl (C=O) groups is 2. The number of aliphatic hydroxyl groups is 1. The van der Waals surface area contributed by atoms with Crippen molar-refractivity contribution in [3.63, 3.8) is 0 Å². The van der Waals surface area contributed by atoms with Crippen LogP contribution in [0.5, 0.6) is 5.88 Å². The summed E-state index contributed by atoms with van der Waals surface area (Å²) in [6, 6.07) is 11.9. The number of aromatic amines is 1. The number of rotatable bonds is 8. The summed E-state index contributed by atoms with van der Waals surface area (Å²) >= 11 is 0. The van der Waals surface area contributed by atoms with Crippen molar-refractivity contribution in [3.8, 4) is 11.6 Å². The Kier molecular flexibility index (Phi) is 6.71. The first kappa shape index (κ1) is 22.0. The topological polar surface area (TPSA) is 113 Å². The summed E-state index contributed by atoms with van der Waals surface area (Å²) in [5, 5.41) is 15.9. The largest absolute Gasteiger partial charge is 0.477 e. The van der Waals surface area contributed by atoms with Crippen molar-refractivity contribution in [2.24, 2.45) is 0 Å². The minimum Gasteiger partial charge on any atom is -0.477 e. The van der Waals surface area contributed by atoms with Gasteiger partial charge in [-0.1, -0.05) is 30.7 Å². The molecule has 1 heterocycles. The van der Waals surface area contributed by atoms with Crippen LogP contribution in [0.2, 0.25) is 0 Å². The van der Waals surface area contributed by atoms with E-state index >= 15 is 0 Å². The molecule has 3 aromatic rings. The minimum absolute atomic E-state index is 0.0811. The fourth-order valence-electron chi connectivity index (χ4n) is 3.21. The smallest absolute Gasteiger partial charge is 0.285 e. The van der Waals surface area contributed by atoms with Crippen molar-refractivity contribution in [1.82, 2.24) is 9.78 Å². The van der Waals surface area contributed by atoms with Crippen LogP contribution in [0, 0.1) is 13.8 Å². The van der Waals surface area contributed by atoms with Crippen LogP contribution in [-0.4, -0.2) is 33.7 Å². The van der Waals surface area contributed by atoms with Crippen molar-refractivity contribution < 1.29 is 19.4 Å². The maximum absolute atomic E-state index is 12.5. The number of benzene rings is 2. The number of anilines is 1. The second kappa shape index (κ2) is 9.44. The monoisotopic (exact) mass is 423 g/mol. The Bertz CT molecular complexity index is 1150. The van der Waals surface area contributed by atoms with E-state index in [1.54, 1.807) is 30.3 Å². The van der Waals surface area contributed by atoms with E-state index in [9.17, 15) is 19.5 Å². The third-order valence-corrected chi connectivity index (χ3v) is 4.82. The predicted molar refractivity (Wildman–Crippen MR) is 117 cm³/mol. The molecule has 0 bridgehead atoms. The second-order valence-corrected chi connectivity index (χ2v) is 7.26. The van der Waals surface area contributed by atoms with Crippen LogP contribution in [0.1, 0.15) is 46.5 Å². The van der Waals surface area contributed by atoms with Gasteiger partial charge >= 0.3 is 0 Å². The van der Waals surface area contributed by atoms with E-state index in [-0.39, 0.29) is 11.4 Å². The van der Waals surface area contributed by atoms with E-state index in [2.05, 4.69) is 10.4 Å². The molecule has 3 rings (SSSR count). The molecule has 8 heteroatoms. The molecule has 0 fully saturated rings. The van der Waals surface area contributed by atoms with Crippen molar-refractivity contribution >= 4 is 17.9 Å². The van der Waals surface area contributed by atoms with E-state index in [4.69, 9.17) is 4.74 Å². The molecule has 0 radical (unpaired) electrons. The molecule has 0 saturated heterocycles. The number of hydrogen-bond donors (Lipinski definition) is 3. The van der Waals surface area contributed by atoms with E-state index < -0.39 is 17.6 Å². The summed E-state index contributed by atoms with van der Waals surface area (Å²) < 4.78 is 6.63. The van der Waals surface area contributed by atoms with Gasteiger partial charge in [-0.05, 0) is 55.7 Å². The molecular formula is C23H25N3O5. The number of amides is 1. The first-order chi connectivity index (χ1) is 14.8. The van der Waals surface area contributed by atoms with Gasteiger partial charge in [0.15, 0.2) is 12.4 Å². The van der Waals surface area contributed by atoms with E-state index in [0.717, 1.165) is 17.5 Å². The highest BCUT2D eigenvalue weighted by atomic mass is 16.5. The highest BCUT2D eigenvalue weighted by Crippen LogP contribution is 2.21. The molecule has 162 valence electrons. The van der Waals surface area contributed by atoms with Crippen molar-refractivity contribution in [1.29, 1.82) is 0 Å². The Balaban J connectivity index is 1.77. The van der Waals surface area contributed by atoms with E-state index in [1.165, 1.54) is 4.68 Å². The highest BCUT2D eigenvalue weighted by Gasteiger charge is 2.20. The molecule has 3 N–H and O–H groups in total. The first-order valence-corrected chi connectivity index (χ1v) is 9.95. The molecule has 31 heavy (non-hydrogen) atoms. The standard InChI is InChI=1S/C23H25N3O5/c1-4-11-31-22-19(13-27)23(30)26(25-22)17-8-6-16(7-9-17)24-21(29)20(28)18-10-5-14(2)12-15(18)3/h5-10,12-13,20,25,28H,4,11H2,1-3H3,(H,24,29). The van der Waals surface area contributed by atoms with Crippen LogP contribution in [-0.2, 0) is 4.79 Å². The fraction of sp³-hybridized carbons (Fsp3) is 0.261. The number of aromatic nitrogens is 2. The molecular weight excluding hydrogens is 398 g/mol. The zero-order chi connectivity index (χ0) is 22.5. The summed E-state index contributed by atoms with van der Waals surface area (Å²) in [4.78, 5) is 36.2. The summed E-state index contributed by atoms with van der Waals surface area (Å²) in [6.07, 6.45) is -0.114. The van der Waals surface area contributed by atoms with Crippen LogP contribution in [0.15, 0.2) is 47.3 Å². The molecule has 1 amide bonds. The molecule has 1 aromatic heterocycles.